The maximum atomic E-state index is 11.8. The summed E-state index contributed by atoms with van der Waals surface area (Å²) in [6.07, 6.45) is 2.12. The van der Waals surface area contributed by atoms with E-state index in [2.05, 4.69) is 0 Å². The van der Waals surface area contributed by atoms with Gasteiger partial charge in [-0.05, 0) is 19.8 Å². The maximum Gasteiger partial charge on any atom is 0.350 e. The van der Waals surface area contributed by atoms with Gasteiger partial charge in [0.1, 0.15) is 9.88 Å². The van der Waals surface area contributed by atoms with Gasteiger partial charge < -0.3 is 21.1 Å². The van der Waals surface area contributed by atoms with Crippen LogP contribution in [0.2, 0.25) is 0 Å². The summed E-state index contributed by atoms with van der Waals surface area (Å²) in [5, 5.41) is 0.686. The summed E-state index contributed by atoms with van der Waals surface area (Å²) in [6.45, 7) is 3.68. The van der Waals surface area contributed by atoms with Crippen molar-refractivity contribution in [3.8, 4) is 0 Å². The molecular weight excluding hydrogens is 266 g/mol. The quantitative estimate of drug-likeness (QED) is 0.809. The fraction of sp³-hybridized carbons (Fsp3) is 0.500. The second-order valence-electron chi connectivity index (χ2n) is 4.30. The van der Waals surface area contributed by atoms with Crippen LogP contribution in [0, 0.1) is 0 Å². The van der Waals surface area contributed by atoms with E-state index in [1.165, 1.54) is 11.3 Å². The number of hydrogen-bond donors (Lipinski definition) is 2. The molecule has 1 amide bonds. The second kappa shape index (κ2) is 5.48. The fourth-order valence-electron chi connectivity index (χ4n) is 2.16. The Morgan fingerprint density at radius 2 is 2.00 bits per heavy atom. The first kappa shape index (κ1) is 13.7. The lowest BCUT2D eigenvalue weighted by Crippen LogP contribution is -2.22. The lowest BCUT2D eigenvalue weighted by atomic mass is 10.2. The molecule has 1 aliphatic rings. The lowest BCUT2D eigenvalue weighted by molar-refractivity contribution is 0.0533. The van der Waals surface area contributed by atoms with Crippen LogP contribution >= 0.6 is 11.3 Å². The normalized spacial score (nSPS) is 14.7. The Labute approximate surface area is 115 Å². The molecule has 1 aromatic heterocycles. The molecule has 0 unspecified atom stereocenters. The third-order valence-corrected chi connectivity index (χ3v) is 4.27. The Hall–Kier alpha value is -1.76. The monoisotopic (exact) mass is 283 g/mol. The third kappa shape index (κ3) is 2.51. The van der Waals surface area contributed by atoms with Gasteiger partial charge in [-0.2, -0.15) is 0 Å². The summed E-state index contributed by atoms with van der Waals surface area (Å²) in [7, 11) is 0. The van der Waals surface area contributed by atoms with E-state index in [0.29, 0.717) is 5.00 Å². The van der Waals surface area contributed by atoms with Gasteiger partial charge in [0.2, 0.25) is 0 Å². The summed E-state index contributed by atoms with van der Waals surface area (Å²) >= 11 is 1.19. The molecule has 1 fully saturated rings. The number of ether oxygens (including phenoxy) is 1. The molecule has 0 atom stereocenters. The van der Waals surface area contributed by atoms with Crippen LogP contribution in [-0.4, -0.2) is 31.6 Å². The van der Waals surface area contributed by atoms with Crippen molar-refractivity contribution in [2.45, 2.75) is 19.8 Å². The Balaban J connectivity index is 2.44. The van der Waals surface area contributed by atoms with Crippen LogP contribution < -0.4 is 16.4 Å². The number of esters is 1. The van der Waals surface area contributed by atoms with E-state index in [1.54, 1.807) is 6.92 Å². The molecule has 2 rings (SSSR count). The molecule has 0 aliphatic carbocycles. The summed E-state index contributed by atoms with van der Waals surface area (Å²) in [5.41, 5.74) is 11.6. The number of nitrogens with zero attached hydrogens (tertiary/aromatic N) is 1. The highest BCUT2D eigenvalue weighted by molar-refractivity contribution is 7.19. The average molecular weight is 283 g/mol. The van der Waals surface area contributed by atoms with Crippen molar-refractivity contribution < 1.29 is 14.3 Å². The smallest absolute Gasteiger partial charge is 0.350 e. The highest BCUT2D eigenvalue weighted by Gasteiger charge is 2.28. The van der Waals surface area contributed by atoms with Crippen LogP contribution in [0.4, 0.5) is 10.7 Å². The number of carbonyl (C=O) groups excluding carboxylic acids is 2. The molecule has 0 bridgehead atoms. The summed E-state index contributed by atoms with van der Waals surface area (Å²) < 4.78 is 4.94. The number of nitrogen functional groups attached to an aromatic ring is 1. The number of hydrogen-bond acceptors (Lipinski definition) is 6. The van der Waals surface area contributed by atoms with Gasteiger partial charge in [0.15, 0.2) is 0 Å². The zero-order valence-corrected chi connectivity index (χ0v) is 11.6. The number of amides is 1. The number of anilines is 2. The zero-order valence-electron chi connectivity index (χ0n) is 10.8. The van der Waals surface area contributed by atoms with Crippen molar-refractivity contribution in [3.05, 3.63) is 10.4 Å². The van der Waals surface area contributed by atoms with Crippen molar-refractivity contribution in [1.82, 2.24) is 0 Å². The van der Waals surface area contributed by atoms with Gasteiger partial charge >= 0.3 is 5.97 Å². The number of nitrogens with two attached hydrogens (primary N) is 2. The van der Waals surface area contributed by atoms with Crippen molar-refractivity contribution in [3.63, 3.8) is 0 Å². The number of carbonyl (C=O) groups is 2. The standard InChI is InChI=1S/C12H17N3O3S/c1-2-18-12(17)9-8(13)7(10(14)16)11(19-9)15-5-3-4-6-15/h2-6,13H2,1H3,(H2,14,16). The molecule has 104 valence electrons. The fourth-order valence-corrected chi connectivity index (χ4v) is 3.33. The highest BCUT2D eigenvalue weighted by Crippen LogP contribution is 2.39. The van der Waals surface area contributed by atoms with Gasteiger partial charge in [0.05, 0.1) is 17.9 Å². The molecule has 19 heavy (non-hydrogen) atoms. The SMILES string of the molecule is CCOC(=O)c1sc(N2CCCC2)c(C(N)=O)c1N. The van der Waals surface area contributed by atoms with Crippen LogP contribution in [0.25, 0.3) is 0 Å². The van der Waals surface area contributed by atoms with Gasteiger partial charge in [0.25, 0.3) is 5.91 Å². The van der Waals surface area contributed by atoms with E-state index in [-0.39, 0.29) is 22.7 Å². The van der Waals surface area contributed by atoms with E-state index in [1.807, 2.05) is 4.90 Å². The average Bonchev–Trinajstić information content (AvgIpc) is 2.95. The van der Waals surface area contributed by atoms with Gasteiger partial charge in [-0.25, -0.2) is 4.79 Å². The first-order chi connectivity index (χ1) is 9.06. The Kier molecular flexibility index (Phi) is 3.94. The number of primary amides is 1. The molecule has 7 heteroatoms. The van der Waals surface area contributed by atoms with Crippen molar-refractivity contribution >= 4 is 33.9 Å². The molecule has 6 nitrogen and oxygen atoms in total. The van der Waals surface area contributed by atoms with Crippen LogP contribution in [0.15, 0.2) is 0 Å². The molecule has 0 saturated carbocycles. The summed E-state index contributed by atoms with van der Waals surface area (Å²) in [4.78, 5) is 25.7. The molecule has 1 aliphatic heterocycles. The van der Waals surface area contributed by atoms with Gasteiger partial charge in [0, 0.05) is 13.1 Å². The molecule has 1 aromatic rings. The first-order valence-electron chi connectivity index (χ1n) is 6.20. The maximum absolute atomic E-state index is 11.8. The predicted molar refractivity (Wildman–Crippen MR) is 74.7 cm³/mol. The van der Waals surface area contributed by atoms with Crippen LogP contribution in [-0.2, 0) is 4.74 Å². The van der Waals surface area contributed by atoms with E-state index in [9.17, 15) is 9.59 Å². The summed E-state index contributed by atoms with van der Waals surface area (Å²) in [6, 6.07) is 0. The van der Waals surface area contributed by atoms with Crippen LogP contribution in [0.3, 0.4) is 0 Å². The molecular formula is C12H17N3O3S. The molecule has 0 spiro atoms. The lowest BCUT2D eigenvalue weighted by Gasteiger charge is -2.16. The number of rotatable bonds is 4. The van der Waals surface area contributed by atoms with Gasteiger partial charge in [-0.1, -0.05) is 0 Å². The van der Waals surface area contributed by atoms with E-state index >= 15 is 0 Å². The van der Waals surface area contributed by atoms with Gasteiger partial charge in [-0.15, -0.1) is 11.3 Å². The van der Waals surface area contributed by atoms with Crippen LogP contribution in [0.1, 0.15) is 39.8 Å². The number of thiophene rings is 1. The minimum absolute atomic E-state index is 0.137. The molecule has 1 saturated heterocycles. The Morgan fingerprint density at radius 3 is 2.53 bits per heavy atom. The van der Waals surface area contributed by atoms with E-state index in [4.69, 9.17) is 16.2 Å². The molecule has 2 heterocycles. The van der Waals surface area contributed by atoms with E-state index < -0.39 is 11.9 Å². The second-order valence-corrected chi connectivity index (χ2v) is 5.30. The highest BCUT2D eigenvalue weighted by atomic mass is 32.1. The molecule has 0 radical (unpaired) electrons. The largest absolute Gasteiger partial charge is 0.462 e. The molecule has 0 aromatic carbocycles. The van der Waals surface area contributed by atoms with Crippen molar-refractivity contribution in [2.24, 2.45) is 5.73 Å². The Morgan fingerprint density at radius 1 is 1.37 bits per heavy atom. The topological polar surface area (TPSA) is 98.6 Å². The van der Waals surface area contributed by atoms with Gasteiger partial charge in [-0.3, -0.25) is 4.79 Å². The predicted octanol–water partition coefficient (Wildman–Crippen LogP) is 1.21. The minimum atomic E-state index is -0.605. The van der Waals surface area contributed by atoms with Crippen molar-refractivity contribution in [2.75, 3.05) is 30.3 Å². The molecule has 4 N–H and O–H groups in total. The Bertz CT molecular complexity index is 507. The van der Waals surface area contributed by atoms with Crippen molar-refractivity contribution in [1.29, 1.82) is 0 Å². The minimum Gasteiger partial charge on any atom is -0.462 e. The van der Waals surface area contributed by atoms with Crippen LogP contribution in [0.5, 0.6) is 0 Å². The summed E-state index contributed by atoms with van der Waals surface area (Å²) in [5.74, 6) is -1.11. The zero-order chi connectivity index (χ0) is 14.0. The third-order valence-electron chi connectivity index (χ3n) is 3.03. The first-order valence-corrected chi connectivity index (χ1v) is 7.02. The van der Waals surface area contributed by atoms with E-state index in [0.717, 1.165) is 25.9 Å².